The van der Waals surface area contributed by atoms with Crippen molar-refractivity contribution >= 4 is 15.8 Å². The Balaban J connectivity index is 1.92. The van der Waals surface area contributed by atoms with Crippen LogP contribution in [0, 0.1) is 5.92 Å². The van der Waals surface area contributed by atoms with Crippen LogP contribution in [0.2, 0.25) is 0 Å². The summed E-state index contributed by atoms with van der Waals surface area (Å²) in [6.45, 7) is 3.27. The van der Waals surface area contributed by atoms with Gasteiger partial charge in [0, 0.05) is 25.3 Å². The van der Waals surface area contributed by atoms with Crippen molar-refractivity contribution in [1.82, 2.24) is 9.29 Å². The molecule has 1 heterocycles. The molecule has 2 aliphatic carbocycles. The molecule has 110 valence electrons. The zero-order valence-electron chi connectivity index (χ0n) is 11.7. The molecule has 20 heavy (non-hydrogen) atoms. The molecule has 3 rings (SSSR count). The molecule has 0 atom stereocenters. The third-order valence-electron chi connectivity index (χ3n) is 3.79. The summed E-state index contributed by atoms with van der Waals surface area (Å²) in [7, 11) is -3.44. The van der Waals surface area contributed by atoms with Gasteiger partial charge >= 0.3 is 0 Å². The Morgan fingerprint density at radius 3 is 2.70 bits per heavy atom. The number of sulfonamides is 1. The maximum absolute atomic E-state index is 12.9. The molecular formula is C14H21N3O2S. The molecule has 6 heteroatoms. The second kappa shape index (κ2) is 5.33. The van der Waals surface area contributed by atoms with Gasteiger partial charge in [0.15, 0.2) is 0 Å². The van der Waals surface area contributed by atoms with Gasteiger partial charge in [-0.3, -0.25) is 0 Å². The van der Waals surface area contributed by atoms with Crippen LogP contribution in [0.15, 0.2) is 23.2 Å². The van der Waals surface area contributed by atoms with E-state index in [1.54, 1.807) is 22.6 Å². The lowest BCUT2D eigenvalue weighted by Gasteiger charge is -2.23. The van der Waals surface area contributed by atoms with E-state index in [4.69, 9.17) is 0 Å². The van der Waals surface area contributed by atoms with E-state index in [9.17, 15) is 8.42 Å². The van der Waals surface area contributed by atoms with Gasteiger partial charge in [0.2, 0.25) is 10.0 Å². The summed E-state index contributed by atoms with van der Waals surface area (Å²) < 4.78 is 27.5. The van der Waals surface area contributed by atoms with Crippen LogP contribution in [0.25, 0.3) is 0 Å². The van der Waals surface area contributed by atoms with Gasteiger partial charge < -0.3 is 5.32 Å². The Bertz CT molecular complexity index is 580. The van der Waals surface area contributed by atoms with Crippen molar-refractivity contribution in [3.8, 4) is 0 Å². The molecule has 0 spiro atoms. The highest BCUT2D eigenvalue weighted by Crippen LogP contribution is 2.38. The third kappa shape index (κ3) is 2.81. The SMILES string of the molecule is CCNc1ncccc1S(=O)(=O)N(CC1CC1)C1CC1. The molecule has 2 aliphatic rings. The molecule has 0 aliphatic heterocycles. The number of hydrogen-bond acceptors (Lipinski definition) is 4. The Labute approximate surface area is 120 Å². The quantitative estimate of drug-likeness (QED) is 0.836. The minimum Gasteiger partial charge on any atom is -0.369 e. The largest absolute Gasteiger partial charge is 0.369 e. The topological polar surface area (TPSA) is 62.3 Å². The van der Waals surface area contributed by atoms with Crippen LogP contribution in [0.4, 0.5) is 5.82 Å². The molecule has 0 aromatic carbocycles. The van der Waals surface area contributed by atoms with Crippen LogP contribution in [0.1, 0.15) is 32.6 Å². The van der Waals surface area contributed by atoms with Gasteiger partial charge in [-0.15, -0.1) is 0 Å². The average molecular weight is 295 g/mol. The zero-order valence-corrected chi connectivity index (χ0v) is 12.6. The van der Waals surface area contributed by atoms with E-state index < -0.39 is 10.0 Å². The van der Waals surface area contributed by atoms with Crippen molar-refractivity contribution in [3.05, 3.63) is 18.3 Å². The highest BCUT2D eigenvalue weighted by atomic mass is 32.2. The molecule has 0 saturated heterocycles. The van der Waals surface area contributed by atoms with Gasteiger partial charge in [0.1, 0.15) is 10.7 Å². The van der Waals surface area contributed by atoms with Gasteiger partial charge in [-0.1, -0.05) is 0 Å². The highest BCUT2D eigenvalue weighted by molar-refractivity contribution is 7.89. The normalized spacial score (nSPS) is 19.3. The van der Waals surface area contributed by atoms with Crippen LogP contribution in [-0.2, 0) is 10.0 Å². The van der Waals surface area contributed by atoms with E-state index in [1.165, 1.54) is 0 Å². The maximum Gasteiger partial charge on any atom is 0.247 e. The van der Waals surface area contributed by atoms with Crippen molar-refractivity contribution in [1.29, 1.82) is 0 Å². The molecule has 0 amide bonds. The van der Waals surface area contributed by atoms with Crippen LogP contribution in [0.3, 0.4) is 0 Å². The second-order valence-corrected chi connectivity index (χ2v) is 7.49. The first-order valence-corrected chi connectivity index (χ1v) is 8.77. The van der Waals surface area contributed by atoms with Crippen LogP contribution in [-0.4, -0.2) is 36.8 Å². The molecule has 5 nitrogen and oxygen atoms in total. The number of pyridine rings is 1. The second-order valence-electron chi connectivity index (χ2n) is 5.63. The van der Waals surface area contributed by atoms with Crippen molar-refractivity contribution in [2.24, 2.45) is 5.92 Å². The van der Waals surface area contributed by atoms with E-state index in [2.05, 4.69) is 10.3 Å². The van der Waals surface area contributed by atoms with Crippen molar-refractivity contribution < 1.29 is 8.42 Å². The first-order chi connectivity index (χ1) is 9.63. The summed E-state index contributed by atoms with van der Waals surface area (Å²) in [5.41, 5.74) is 0. The van der Waals surface area contributed by atoms with Crippen molar-refractivity contribution in [2.45, 2.75) is 43.5 Å². The third-order valence-corrected chi connectivity index (χ3v) is 5.74. The van der Waals surface area contributed by atoms with E-state index in [1.807, 2.05) is 6.92 Å². The summed E-state index contributed by atoms with van der Waals surface area (Å²) in [6.07, 6.45) is 5.92. The first-order valence-electron chi connectivity index (χ1n) is 7.33. The van der Waals surface area contributed by atoms with Crippen molar-refractivity contribution in [2.75, 3.05) is 18.4 Å². The number of nitrogens with one attached hydrogen (secondary N) is 1. The van der Waals surface area contributed by atoms with Crippen LogP contribution in [0.5, 0.6) is 0 Å². The Morgan fingerprint density at radius 1 is 1.35 bits per heavy atom. The lowest BCUT2D eigenvalue weighted by atomic mass is 10.4. The van der Waals surface area contributed by atoms with Gasteiger partial charge in [-0.2, -0.15) is 4.31 Å². The van der Waals surface area contributed by atoms with Crippen LogP contribution >= 0.6 is 0 Å². The number of hydrogen-bond donors (Lipinski definition) is 1. The predicted molar refractivity (Wildman–Crippen MR) is 78.0 cm³/mol. The summed E-state index contributed by atoms with van der Waals surface area (Å²) in [5.74, 6) is 1.03. The van der Waals surface area contributed by atoms with Crippen molar-refractivity contribution in [3.63, 3.8) is 0 Å². The fourth-order valence-corrected chi connectivity index (χ4v) is 4.27. The predicted octanol–water partition coefficient (Wildman–Crippen LogP) is 2.08. The lowest BCUT2D eigenvalue weighted by molar-refractivity contribution is 0.389. The summed E-state index contributed by atoms with van der Waals surface area (Å²) in [4.78, 5) is 4.49. The molecule has 2 saturated carbocycles. The van der Waals surface area contributed by atoms with E-state index in [-0.39, 0.29) is 6.04 Å². The fourth-order valence-electron chi connectivity index (χ4n) is 2.39. The van der Waals surface area contributed by atoms with Gasteiger partial charge in [0.25, 0.3) is 0 Å². The molecule has 0 radical (unpaired) electrons. The van der Waals surface area contributed by atoms with E-state index in [0.717, 1.165) is 25.7 Å². The Hall–Kier alpha value is -1.14. The Kier molecular flexibility index (Phi) is 3.69. The Morgan fingerprint density at radius 2 is 2.10 bits per heavy atom. The molecule has 1 aromatic heterocycles. The number of aromatic nitrogens is 1. The van der Waals surface area contributed by atoms with E-state index >= 15 is 0 Å². The van der Waals surface area contributed by atoms with E-state index in [0.29, 0.717) is 29.7 Å². The summed E-state index contributed by atoms with van der Waals surface area (Å²) in [5, 5.41) is 3.05. The molecule has 1 aromatic rings. The molecule has 1 N–H and O–H groups in total. The van der Waals surface area contributed by atoms with Gasteiger partial charge in [-0.25, -0.2) is 13.4 Å². The lowest BCUT2D eigenvalue weighted by Crippen LogP contribution is -2.35. The van der Waals surface area contributed by atoms with Gasteiger partial charge in [0.05, 0.1) is 0 Å². The first kappa shape index (κ1) is 13.8. The average Bonchev–Trinajstić information content (AvgIpc) is 3.29. The maximum atomic E-state index is 12.9. The molecule has 2 fully saturated rings. The summed E-state index contributed by atoms with van der Waals surface area (Å²) in [6, 6.07) is 3.55. The zero-order chi connectivity index (χ0) is 14.2. The highest BCUT2D eigenvalue weighted by Gasteiger charge is 2.41. The number of rotatable bonds is 7. The summed E-state index contributed by atoms with van der Waals surface area (Å²) >= 11 is 0. The molecular weight excluding hydrogens is 274 g/mol. The molecule has 0 unspecified atom stereocenters. The van der Waals surface area contributed by atoms with Gasteiger partial charge in [-0.05, 0) is 50.7 Å². The van der Waals surface area contributed by atoms with Crippen LogP contribution < -0.4 is 5.32 Å². The monoisotopic (exact) mass is 295 g/mol. The minimum atomic E-state index is -3.44. The standard InChI is InChI=1S/C14H21N3O2S/c1-2-15-14-13(4-3-9-16-14)20(18,19)17(12-7-8-12)10-11-5-6-11/h3-4,9,11-12H,2,5-8,10H2,1H3,(H,15,16). The fraction of sp³-hybridized carbons (Fsp3) is 0.643. The smallest absolute Gasteiger partial charge is 0.247 e. The molecule has 0 bridgehead atoms. The minimum absolute atomic E-state index is 0.204. The number of nitrogens with zero attached hydrogens (tertiary/aromatic N) is 2. The number of anilines is 1.